The minimum atomic E-state index is -0.694. The number of carboxylic acid groups (broad SMARTS) is 1. The molecule has 0 amide bonds. The molecule has 60 valence electrons. The molecule has 0 aliphatic carbocycles. The Morgan fingerprint density at radius 2 is 1.90 bits per heavy atom. The molecule has 0 aromatic rings. The molecule has 2 nitrogen and oxygen atoms in total. The van der Waals surface area contributed by atoms with Crippen molar-refractivity contribution in [3.8, 4) is 0 Å². The third-order valence-electron chi connectivity index (χ3n) is 1.39. The SMILES string of the molecule is C[S+](CC(=O)O)C(C)(C)C. The summed E-state index contributed by atoms with van der Waals surface area (Å²) in [5, 5.41) is 8.45. The second kappa shape index (κ2) is 3.28. The van der Waals surface area contributed by atoms with E-state index in [1.807, 2.05) is 6.26 Å². The van der Waals surface area contributed by atoms with E-state index < -0.39 is 5.97 Å². The quantitative estimate of drug-likeness (QED) is 0.619. The minimum absolute atomic E-state index is 0.0170. The molecule has 0 aliphatic heterocycles. The highest BCUT2D eigenvalue weighted by Gasteiger charge is 2.31. The molecule has 10 heavy (non-hydrogen) atoms. The Labute approximate surface area is 65.0 Å². The fourth-order valence-corrected chi connectivity index (χ4v) is 1.21. The van der Waals surface area contributed by atoms with Crippen molar-refractivity contribution in [1.29, 1.82) is 0 Å². The summed E-state index contributed by atoms with van der Waals surface area (Å²) < 4.78 is 0.137. The van der Waals surface area contributed by atoms with E-state index in [2.05, 4.69) is 20.8 Å². The predicted molar refractivity (Wildman–Crippen MR) is 45.5 cm³/mol. The van der Waals surface area contributed by atoms with E-state index in [4.69, 9.17) is 5.11 Å². The van der Waals surface area contributed by atoms with Crippen LogP contribution in [0.4, 0.5) is 0 Å². The lowest BCUT2D eigenvalue weighted by Crippen LogP contribution is -2.32. The van der Waals surface area contributed by atoms with Gasteiger partial charge in [0.05, 0.1) is 6.26 Å². The van der Waals surface area contributed by atoms with Crippen LogP contribution in [0.5, 0.6) is 0 Å². The summed E-state index contributed by atoms with van der Waals surface area (Å²) in [6.07, 6.45) is 1.99. The van der Waals surface area contributed by atoms with Gasteiger partial charge in [-0.25, -0.2) is 4.79 Å². The summed E-state index contributed by atoms with van der Waals surface area (Å²) in [6.45, 7) is 6.21. The van der Waals surface area contributed by atoms with Gasteiger partial charge in [0, 0.05) is 10.9 Å². The van der Waals surface area contributed by atoms with Crippen LogP contribution >= 0.6 is 0 Å². The predicted octanol–water partition coefficient (Wildman–Crippen LogP) is 1.12. The number of hydrogen-bond acceptors (Lipinski definition) is 1. The van der Waals surface area contributed by atoms with Gasteiger partial charge in [-0.1, -0.05) is 0 Å². The average molecular weight is 163 g/mol. The third-order valence-corrected chi connectivity index (χ3v) is 4.16. The van der Waals surface area contributed by atoms with Crippen LogP contribution in [0.25, 0.3) is 0 Å². The summed E-state index contributed by atoms with van der Waals surface area (Å²) in [7, 11) is -0.0170. The van der Waals surface area contributed by atoms with Gasteiger partial charge in [-0.05, 0) is 20.8 Å². The van der Waals surface area contributed by atoms with Gasteiger partial charge in [-0.3, -0.25) is 0 Å². The van der Waals surface area contributed by atoms with Gasteiger partial charge in [-0.2, -0.15) is 0 Å². The van der Waals surface area contributed by atoms with Gasteiger partial charge < -0.3 is 5.11 Å². The summed E-state index contributed by atoms with van der Waals surface area (Å²) in [5.41, 5.74) is 0. The van der Waals surface area contributed by atoms with Crippen LogP contribution in [0.15, 0.2) is 0 Å². The normalized spacial score (nSPS) is 14.8. The molecular weight excluding hydrogens is 148 g/mol. The van der Waals surface area contributed by atoms with Crippen molar-refractivity contribution in [3.05, 3.63) is 0 Å². The van der Waals surface area contributed by atoms with Crippen LogP contribution in [-0.2, 0) is 15.7 Å². The monoisotopic (exact) mass is 163 g/mol. The molecule has 0 saturated heterocycles. The zero-order valence-electron chi connectivity index (χ0n) is 6.97. The lowest BCUT2D eigenvalue weighted by molar-refractivity contribution is -0.133. The maximum atomic E-state index is 10.3. The Morgan fingerprint density at radius 1 is 1.50 bits per heavy atom. The fourth-order valence-electron chi connectivity index (χ4n) is 0.402. The first-order valence-electron chi connectivity index (χ1n) is 3.18. The Balaban J connectivity index is 3.85. The first kappa shape index (κ1) is 9.82. The number of rotatable bonds is 2. The summed E-state index contributed by atoms with van der Waals surface area (Å²) >= 11 is 0. The van der Waals surface area contributed by atoms with Crippen molar-refractivity contribution in [2.24, 2.45) is 0 Å². The number of hydrogen-bond donors (Lipinski definition) is 1. The molecular formula is C7H15O2S+. The zero-order valence-corrected chi connectivity index (χ0v) is 7.79. The van der Waals surface area contributed by atoms with Crippen LogP contribution < -0.4 is 0 Å². The lowest BCUT2D eigenvalue weighted by Gasteiger charge is -2.15. The van der Waals surface area contributed by atoms with Gasteiger partial charge in [0.2, 0.25) is 5.75 Å². The second-order valence-corrected chi connectivity index (χ2v) is 6.08. The topological polar surface area (TPSA) is 37.3 Å². The van der Waals surface area contributed by atoms with Crippen LogP contribution in [-0.4, -0.2) is 27.8 Å². The molecule has 0 saturated carbocycles. The smallest absolute Gasteiger partial charge is 0.353 e. The Bertz CT molecular complexity index is 126. The second-order valence-electron chi connectivity index (χ2n) is 3.29. The molecule has 1 unspecified atom stereocenters. The van der Waals surface area contributed by atoms with Crippen molar-refractivity contribution in [2.75, 3.05) is 12.0 Å². The van der Waals surface area contributed by atoms with Crippen molar-refractivity contribution < 1.29 is 9.90 Å². The maximum absolute atomic E-state index is 10.3. The van der Waals surface area contributed by atoms with Gasteiger partial charge in [0.25, 0.3) is 0 Å². The fraction of sp³-hybridized carbons (Fsp3) is 0.857. The van der Waals surface area contributed by atoms with E-state index in [-0.39, 0.29) is 15.6 Å². The number of carboxylic acids is 1. The molecule has 0 heterocycles. The standard InChI is InChI=1S/C7H14O2S/c1-7(2,3)10(4)5-6(8)9/h5H2,1-4H3/p+1. The number of aliphatic carboxylic acids is 1. The molecule has 3 heteroatoms. The first-order valence-corrected chi connectivity index (χ1v) is 4.98. The van der Waals surface area contributed by atoms with Crippen LogP contribution in [0.2, 0.25) is 0 Å². The van der Waals surface area contributed by atoms with Crippen molar-refractivity contribution in [3.63, 3.8) is 0 Å². The Hall–Kier alpha value is -0.180. The van der Waals surface area contributed by atoms with Crippen LogP contribution in [0.3, 0.4) is 0 Å². The maximum Gasteiger partial charge on any atom is 0.353 e. The van der Waals surface area contributed by atoms with E-state index in [9.17, 15) is 4.79 Å². The molecule has 1 atom stereocenters. The number of carbonyl (C=O) groups is 1. The molecule has 0 rings (SSSR count). The summed E-state index contributed by atoms with van der Waals surface area (Å²) in [4.78, 5) is 10.3. The molecule has 0 bridgehead atoms. The van der Waals surface area contributed by atoms with E-state index in [0.29, 0.717) is 5.75 Å². The van der Waals surface area contributed by atoms with Crippen molar-refractivity contribution in [1.82, 2.24) is 0 Å². The molecule has 0 spiro atoms. The minimum Gasteiger partial charge on any atom is -0.478 e. The van der Waals surface area contributed by atoms with Crippen LogP contribution in [0.1, 0.15) is 20.8 Å². The van der Waals surface area contributed by atoms with E-state index >= 15 is 0 Å². The van der Waals surface area contributed by atoms with Gasteiger partial charge in [0.1, 0.15) is 4.75 Å². The molecule has 0 aromatic heterocycles. The molecule has 1 N–H and O–H groups in total. The van der Waals surface area contributed by atoms with E-state index in [0.717, 1.165) is 0 Å². The third kappa shape index (κ3) is 3.77. The van der Waals surface area contributed by atoms with E-state index in [1.54, 1.807) is 0 Å². The first-order chi connectivity index (χ1) is 4.34. The van der Waals surface area contributed by atoms with Crippen LogP contribution in [0, 0.1) is 0 Å². The van der Waals surface area contributed by atoms with Gasteiger partial charge >= 0.3 is 5.97 Å². The summed E-state index contributed by atoms with van der Waals surface area (Å²) in [6, 6.07) is 0. The Morgan fingerprint density at radius 3 is 2.00 bits per heavy atom. The summed E-state index contributed by atoms with van der Waals surface area (Å²) in [5.74, 6) is -0.399. The van der Waals surface area contributed by atoms with Gasteiger partial charge in [0.15, 0.2) is 0 Å². The Kier molecular flexibility index (Phi) is 3.22. The van der Waals surface area contributed by atoms with E-state index in [1.165, 1.54) is 0 Å². The molecule has 0 radical (unpaired) electrons. The molecule has 0 aromatic carbocycles. The highest BCUT2D eigenvalue weighted by Crippen LogP contribution is 2.15. The van der Waals surface area contributed by atoms with Crippen molar-refractivity contribution >= 4 is 16.9 Å². The highest BCUT2D eigenvalue weighted by atomic mass is 32.2. The average Bonchev–Trinajstić information content (AvgIpc) is 1.60. The van der Waals surface area contributed by atoms with Gasteiger partial charge in [-0.15, -0.1) is 0 Å². The van der Waals surface area contributed by atoms with Crippen molar-refractivity contribution in [2.45, 2.75) is 25.5 Å². The lowest BCUT2D eigenvalue weighted by atomic mass is 10.3. The zero-order chi connectivity index (χ0) is 8.36. The molecule has 0 aliphatic rings. The molecule has 0 fully saturated rings. The largest absolute Gasteiger partial charge is 0.478 e. The highest BCUT2D eigenvalue weighted by molar-refractivity contribution is 7.98.